The molecule has 0 aliphatic heterocycles. The molecule has 1 heterocycles. The Kier molecular flexibility index (Phi) is 4.95. The first-order chi connectivity index (χ1) is 10.9. The van der Waals surface area contributed by atoms with Crippen molar-refractivity contribution >= 4 is 23.3 Å². The molecule has 0 radical (unpaired) electrons. The van der Waals surface area contributed by atoms with Gasteiger partial charge in [-0.05, 0) is 26.0 Å². The fourth-order valence-electron chi connectivity index (χ4n) is 2.21. The number of nitrogens with zero attached hydrogens (tertiary/aromatic N) is 1. The van der Waals surface area contributed by atoms with Gasteiger partial charge < -0.3 is 9.84 Å². The smallest absolute Gasteiger partial charge is 0.312 e. The predicted molar refractivity (Wildman–Crippen MR) is 88.1 cm³/mol. The number of para-hydroxylation sites is 1. The SMILES string of the molecule is C=C(OCC)c1c(C(C)C(=O)O)[nH]n(-c2ccccc2Cl)c1=O. The molecule has 1 unspecified atom stereocenters. The molecule has 0 saturated heterocycles. The molecule has 0 fully saturated rings. The van der Waals surface area contributed by atoms with Crippen LogP contribution in [0.25, 0.3) is 11.4 Å². The summed E-state index contributed by atoms with van der Waals surface area (Å²) in [5, 5.41) is 12.5. The summed E-state index contributed by atoms with van der Waals surface area (Å²) in [6.07, 6.45) is 0. The minimum absolute atomic E-state index is 0.113. The molecule has 7 heteroatoms. The summed E-state index contributed by atoms with van der Waals surface area (Å²) in [4.78, 5) is 24.1. The van der Waals surface area contributed by atoms with E-state index < -0.39 is 17.4 Å². The van der Waals surface area contributed by atoms with Gasteiger partial charge in [0.2, 0.25) is 0 Å². The van der Waals surface area contributed by atoms with E-state index in [0.29, 0.717) is 17.3 Å². The highest BCUT2D eigenvalue weighted by Gasteiger charge is 2.27. The Labute approximate surface area is 137 Å². The number of hydrogen-bond donors (Lipinski definition) is 2. The zero-order valence-electron chi connectivity index (χ0n) is 12.8. The largest absolute Gasteiger partial charge is 0.494 e. The van der Waals surface area contributed by atoms with Crippen molar-refractivity contribution in [1.29, 1.82) is 0 Å². The lowest BCUT2D eigenvalue weighted by Crippen LogP contribution is -2.18. The number of benzene rings is 1. The quantitative estimate of drug-likeness (QED) is 0.794. The maximum atomic E-state index is 12.7. The average Bonchev–Trinajstić information content (AvgIpc) is 2.84. The van der Waals surface area contributed by atoms with Crippen LogP contribution in [0.1, 0.15) is 31.0 Å². The van der Waals surface area contributed by atoms with E-state index in [2.05, 4.69) is 11.7 Å². The first-order valence-corrected chi connectivity index (χ1v) is 7.41. The van der Waals surface area contributed by atoms with Crippen molar-refractivity contribution in [1.82, 2.24) is 9.78 Å². The second-order valence-corrected chi connectivity index (χ2v) is 5.32. The zero-order chi connectivity index (χ0) is 17.1. The maximum absolute atomic E-state index is 12.7. The van der Waals surface area contributed by atoms with Crippen LogP contribution in [0.15, 0.2) is 35.6 Å². The molecule has 0 aliphatic carbocycles. The highest BCUT2D eigenvalue weighted by atomic mass is 35.5. The standard InChI is InChI=1S/C16H17ClN2O4/c1-4-23-10(3)13-14(9(2)16(21)22)18-19(15(13)20)12-8-6-5-7-11(12)17/h5-9,18H,3-4H2,1-2H3,(H,21,22). The molecule has 2 N–H and O–H groups in total. The van der Waals surface area contributed by atoms with Gasteiger partial charge in [-0.25, -0.2) is 4.68 Å². The van der Waals surface area contributed by atoms with Crippen LogP contribution in [-0.4, -0.2) is 27.5 Å². The maximum Gasteiger partial charge on any atom is 0.312 e. The van der Waals surface area contributed by atoms with Crippen LogP contribution in [0.2, 0.25) is 5.02 Å². The summed E-state index contributed by atoms with van der Waals surface area (Å²) in [5.41, 5.74) is 0.302. The van der Waals surface area contributed by atoms with Crippen LogP contribution in [0.3, 0.4) is 0 Å². The molecule has 0 bridgehead atoms. The van der Waals surface area contributed by atoms with Gasteiger partial charge in [0.25, 0.3) is 5.56 Å². The number of rotatable bonds is 6. The third-order valence-electron chi connectivity index (χ3n) is 3.41. The minimum atomic E-state index is -1.07. The van der Waals surface area contributed by atoms with Gasteiger partial charge in [-0.3, -0.25) is 14.7 Å². The number of hydrogen-bond acceptors (Lipinski definition) is 3. The molecule has 6 nitrogen and oxygen atoms in total. The summed E-state index contributed by atoms with van der Waals surface area (Å²) in [5.74, 6) is -1.87. The highest BCUT2D eigenvalue weighted by Crippen LogP contribution is 2.25. The lowest BCUT2D eigenvalue weighted by Gasteiger charge is -2.09. The lowest BCUT2D eigenvalue weighted by molar-refractivity contribution is -0.138. The molecule has 0 amide bonds. The molecule has 23 heavy (non-hydrogen) atoms. The van der Waals surface area contributed by atoms with Crippen molar-refractivity contribution in [3.05, 3.63) is 57.5 Å². The van der Waals surface area contributed by atoms with E-state index in [4.69, 9.17) is 16.3 Å². The minimum Gasteiger partial charge on any atom is -0.494 e. The number of halogens is 1. The molecule has 0 aliphatic rings. The Morgan fingerprint density at radius 2 is 2.13 bits per heavy atom. The molecular weight excluding hydrogens is 320 g/mol. The number of aromatic nitrogens is 2. The molecular formula is C16H17ClN2O4. The van der Waals surface area contributed by atoms with E-state index >= 15 is 0 Å². The van der Waals surface area contributed by atoms with Crippen LogP contribution in [0.5, 0.6) is 0 Å². The van der Waals surface area contributed by atoms with E-state index in [1.807, 2.05) is 0 Å². The zero-order valence-corrected chi connectivity index (χ0v) is 13.6. The monoisotopic (exact) mass is 336 g/mol. The van der Waals surface area contributed by atoms with Gasteiger partial charge in [0.05, 0.1) is 28.9 Å². The second kappa shape index (κ2) is 6.75. The van der Waals surface area contributed by atoms with Gasteiger partial charge in [-0.2, -0.15) is 0 Å². The van der Waals surface area contributed by atoms with Crippen LogP contribution in [0, 0.1) is 0 Å². The Balaban J connectivity index is 2.70. The summed E-state index contributed by atoms with van der Waals surface area (Å²) in [6, 6.07) is 6.76. The van der Waals surface area contributed by atoms with Crippen LogP contribution in [-0.2, 0) is 9.53 Å². The number of nitrogens with one attached hydrogen (secondary N) is 1. The molecule has 2 rings (SSSR count). The third kappa shape index (κ3) is 3.17. The molecule has 122 valence electrons. The van der Waals surface area contributed by atoms with Crippen LogP contribution in [0.4, 0.5) is 0 Å². The van der Waals surface area contributed by atoms with Gasteiger partial charge in [0, 0.05) is 0 Å². The lowest BCUT2D eigenvalue weighted by atomic mass is 10.0. The van der Waals surface area contributed by atoms with Crippen molar-refractivity contribution in [3.63, 3.8) is 0 Å². The second-order valence-electron chi connectivity index (χ2n) is 4.91. The summed E-state index contributed by atoms with van der Waals surface area (Å²) >= 11 is 6.13. The Bertz CT molecular complexity index is 807. The number of H-pyrrole nitrogens is 1. The highest BCUT2D eigenvalue weighted by molar-refractivity contribution is 6.32. The van der Waals surface area contributed by atoms with Crippen molar-refractivity contribution in [2.75, 3.05) is 6.61 Å². The van der Waals surface area contributed by atoms with Crippen molar-refractivity contribution in [2.24, 2.45) is 0 Å². The number of carboxylic acids is 1. The molecule has 1 aromatic heterocycles. The fraction of sp³-hybridized carbons (Fsp3) is 0.250. The van der Waals surface area contributed by atoms with E-state index in [9.17, 15) is 14.7 Å². The normalized spacial score (nSPS) is 12.0. The molecule has 0 saturated carbocycles. The topological polar surface area (TPSA) is 84.3 Å². The van der Waals surface area contributed by atoms with E-state index in [1.165, 1.54) is 11.6 Å². The van der Waals surface area contributed by atoms with Gasteiger partial charge in [0.1, 0.15) is 11.3 Å². The first-order valence-electron chi connectivity index (χ1n) is 7.03. The number of carboxylic acid groups (broad SMARTS) is 1. The molecule has 1 aromatic carbocycles. The van der Waals surface area contributed by atoms with Gasteiger partial charge in [-0.1, -0.05) is 30.3 Å². The van der Waals surface area contributed by atoms with Crippen LogP contribution >= 0.6 is 11.6 Å². The van der Waals surface area contributed by atoms with Gasteiger partial charge in [0.15, 0.2) is 0 Å². The van der Waals surface area contributed by atoms with Crippen LogP contribution < -0.4 is 5.56 Å². The predicted octanol–water partition coefficient (Wildman–Crippen LogP) is 3.01. The molecule has 0 spiro atoms. The van der Waals surface area contributed by atoms with Crippen molar-refractivity contribution in [3.8, 4) is 5.69 Å². The first kappa shape index (κ1) is 16.9. The average molecular weight is 337 g/mol. The fourth-order valence-corrected chi connectivity index (χ4v) is 2.43. The van der Waals surface area contributed by atoms with Gasteiger partial charge >= 0.3 is 5.97 Å². The van der Waals surface area contributed by atoms with E-state index in [1.54, 1.807) is 31.2 Å². The van der Waals surface area contributed by atoms with Crippen molar-refractivity contribution < 1.29 is 14.6 Å². The molecule has 2 aromatic rings. The van der Waals surface area contributed by atoms with Gasteiger partial charge in [-0.15, -0.1) is 0 Å². The summed E-state index contributed by atoms with van der Waals surface area (Å²) in [6.45, 7) is 7.28. The molecule has 1 atom stereocenters. The Hall–Kier alpha value is -2.47. The summed E-state index contributed by atoms with van der Waals surface area (Å²) < 4.78 is 6.51. The number of carbonyl (C=O) groups is 1. The summed E-state index contributed by atoms with van der Waals surface area (Å²) in [7, 11) is 0. The Morgan fingerprint density at radius 1 is 1.48 bits per heavy atom. The van der Waals surface area contributed by atoms with E-state index in [-0.39, 0.29) is 17.0 Å². The number of aromatic amines is 1. The third-order valence-corrected chi connectivity index (χ3v) is 3.73. The number of aliphatic carboxylic acids is 1. The Morgan fingerprint density at radius 3 is 2.70 bits per heavy atom. The van der Waals surface area contributed by atoms with E-state index in [0.717, 1.165) is 0 Å². The number of ether oxygens (including phenoxy) is 1. The van der Waals surface area contributed by atoms with Crippen molar-refractivity contribution in [2.45, 2.75) is 19.8 Å².